The molecule has 26 heavy (non-hydrogen) atoms. The largest absolute Gasteiger partial charge is 0.320 e. The van der Waals surface area contributed by atoms with Crippen molar-refractivity contribution in [3.05, 3.63) is 83.2 Å². The molecule has 6 rings (SSSR count). The summed E-state index contributed by atoms with van der Waals surface area (Å²) in [6.45, 7) is 0. The fraction of sp³-hybridized carbons (Fsp3) is 0. The number of rotatable bonds is 0. The molecule has 0 spiro atoms. The molecule has 0 atom stereocenters. The minimum Gasteiger partial charge on any atom is -0.320 e. The highest BCUT2D eigenvalue weighted by atomic mass is 32.1. The summed E-state index contributed by atoms with van der Waals surface area (Å²) in [4.78, 5) is 16.1. The summed E-state index contributed by atoms with van der Waals surface area (Å²) < 4.78 is 1.96. The molecule has 0 amide bonds. The summed E-state index contributed by atoms with van der Waals surface area (Å²) in [5.41, 5.74) is 0.925. The zero-order valence-corrected chi connectivity index (χ0v) is 14.6. The zero-order valence-electron chi connectivity index (χ0n) is 13.7. The average Bonchev–Trinajstić information content (AvgIpc) is 3.08. The molecule has 4 aromatic carbocycles. The lowest BCUT2D eigenvalue weighted by Gasteiger charge is -2.09. The Labute approximate surface area is 152 Å². The van der Waals surface area contributed by atoms with E-state index in [1.165, 1.54) is 10.8 Å². The maximum Gasteiger partial charge on any atom is 0.266 e. The van der Waals surface area contributed by atoms with Gasteiger partial charge in [-0.25, -0.2) is 0 Å². The van der Waals surface area contributed by atoms with Gasteiger partial charge >= 0.3 is 0 Å². The summed E-state index contributed by atoms with van der Waals surface area (Å²) >= 11 is 1.57. The quantitative estimate of drug-likeness (QED) is 0.325. The first kappa shape index (κ1) is 14.0. The average molecular weight is 351 g/mol. The van der Waals surface area contributed by atoms with E-state index in [9.17, 15) is 4.79 Å². The molecule has 2 aromatic heterocycles. The second-order valence-corrected chi connectivity index (χ2v) is 7.68. The van der Waals surface area contributed by atoms with Crippen molar-refractivity contribution in [3.8, 4) is 0 Å². The SMILES string of the molecule is O=c1[nH]c2c(ccc3ccc4ccccc4c32)c2c1sc1ccccc12. The highest BCUT2D eigenvalue weighted by Gasteiger charge is 2.14. The highest BCUT2D eigenvalue weighted by molar-refractivity contribution is 7.26. The van der Waals surface area contributed by atoms with Gasteiger partial charge in [0.15, 0.2) is 0 Å². The molecule has 3 heteroatoms. The van der Waals surface area contributed by atoms with Crippen molar-refractivity contribution >= 4 is 64.0 Å². The van der Waals surface area contributed by atoms with Gasteiger partial charge < -0.3 is 4.98 Å². The maximum atomic E-state index is 12.9. The number of nitrogens with one attached hydrogen (secondary N) is 1. The summed E-state index contributed by atoms with van der Waals surface area (Å²) in [6.07, 6.45) is 0. The van der Waals surface area contributed by atoms with Crippen LogP contribution in [0.25, 0.3) is 52.6 Å². The van der Waals surface area contributed by atoms with Crippen LogP contribution in [-0.4, -0.2) is 4.98 Å². The number of aromatic amines is 1. The van der Waals surface area contributed by atoms with Crippen LogP contribution in [0, 0.1) is 0 Å². The van der Waals surface area contributed by atoms with Crippen LogP contribution < -0.4 is 5.56 Å². The minimum absolute atomic E-state index is 0.00543. The molecule has 6 aromatic rings. The van der Waals surface area contributed by atoms with E-state index in [-0.39, 0.29) is 5.56 Å². The Balaban J connectivity index is 1.98. The second kappa shape index (κ2) is 4.93. The molecule has 0 unspecified atom stereocenters. The Bertz CT molecular complexity index is 1560. The van der Waals surface area contributed by atoms with E-state index in [1.807, 2.05) is 18.2 Å². The van der Waals surface area contributed by atoms with Gasteiger partial charge in [-0.1, -0.05) is 66.7 Å². The number of thiophene rings is 1. The van der Waals surface area contributed by atoms with Gasteiger partial charge in [0.25, 0.3) is 5.56 Å². The molecule has 0 fully saturated rings. The third-order valence-corrected chi connectivity index (χ3v) is 6.39. The summed E-state index contributed by atoms with van der Waals surface area (Å²) in [6, 6.07) is 25.2. The van der Waals surface area contributed by atoms with Gasteiger partial charge in [0, 0.05) is 26.2 Å². The topological polar surface area (TPSA) is 32.9 Å². The van der Waals surface area contributed by atoms with Gasteiger partial charge in [0.05, 0.1) is 5.52 Å². The summed E-state index contributed by atoms with van der Waals surface area (Å²) in [5.74, 6) is 0. The number of benzene rings is 4. The molecule has 1 N–H and O–H groups in total. The van der Waals surface area contributed by atoms with Crippen LogP contribution in [0.3, 0.4) is 0 Å². The molecule has 2 nitrogen and oxygen atoms in total. The normalized spacial score (nSPS) is 12.0. The Morgan fingerprint density at radius 1 is 0.654 bits per heavy atom. The van der Waals surface area contributed by atoms with Gasteiger partial charge in [-0.3, -0.25) is 4.79 Å². The summed E-state index contributed by atoms with van der Waals surface area (Å²) in [5, 5.41) is 7.96. The molecule has 0 aliphatic heterocycles. The highest BCUT2D eigenvalue weighted by Crippen LogP contribution is 2.38. The lowest BCUT2D eigenvalue weighted by atomic mass is 9.97. The predicted octanol–water partition coefficient (Wildman–Crippen LogP) is 6.20. The number of hydrogen-bond acceptors (Lipinski definition) is 2. The van der Waals surface area contributed by atoms with E-state index in [0.717, 1.165) is 41.8 Å². The first-order valence-corrected chi connectivity index (χ1v) is 9.40. The van der Waals surface area contributed by atoms with Crippen LogP contribution in [0.5, 0.6) is 0 Å². The molecular formula is C23H13NOS. The Hall–Kier alpha value is -3.17. The van der Waals surface area contributed by atoms with Crippen LogP contribution in [0.4, 0.5) is 0 Å². The van der Waals surface area contributed by atoms with Crippen LogP contribution in [0.1, 0.15) is 0 Å². The molecule has 0 aliphatic carbocycles. The van der Waals surface area contributed by atoms with Crippen molar-refractivity contribution < 1.29 is 0 Å². The van der Waals surface area contributed by atoms with E-state index in [1.54, 1.807) is 11.3 Å². The zero-order chi connectivity index (χ0) is 17.3. The van der Waals surface area contributed by atoms with Crippen LogP contribution in [0.2, 0.25) is 0 Å². The second-order valence-electron chi connectivity index (χ2n) is 6.63. The lowest BCUT2D eigenvalue weighted by molar-refractivity contribution is 1.37. The van der Waals surface area contributed by atoms with Crippen molar-refractivity contribution in [1.82, 2.24) is 4.98 Å². The van der Waals surface area contributed by atoms with E-state index in [0.29, 0.717) is 0 Å². The van der Waals surface area contributed by atoms with Crippen molar-refractivity contribution in [1.29, 1.82) is 0 Å². The van der Waals surface area contributed by atoms with E-state index >= 15 is 0 Å². The molecule has 0 radical (unpaired) electrons. The molecule has 122 valence electrons. The van der Waals surface area contributed by atoms with Gasteiger partial charge in [0.1, 0.15) is 4.70 Å². The smallest absolute Gasteiger partial charge is 0.266 e. The fourth-order valence-electron chi connectivity index (χ4n) is 4.08. The van der Waals surface area contributed by atoms with Crippen LogP contribution in [0.15, 0.2) is 77.6 Å². The number of fused-ring (bicyclic) bond motifs is 9. The number of H-pyrrole nitrogens is 1. The molecular weight excluding hydrogens is 338 g/mol. The molecule has 0 bridgehead atoms. The first-order chi connectivity index (χ1) is 12.8. The Morgan fingerprint density at radius 3 is 2.31 bits per heavy atom. The van der Waals surface area contributed by atoms with Crippen molar-refractivity contribution in [3.63, 3.8) is 0 Å². The third kappa shape index (κ3) is 1.73. The van der Waals surface area contributed by atoms with Crippen molar-refractivity contribution in [2.75, 3.05) is 0 Å². The third-order valence-electron chi connectivity index (χ3n) is 5.22. The molecule has 0 aliphatic rings. The summed E-state index contributed by atoms with van der Waals surface area (Å²) in [7, 11) is 0. The lowest BCUT2D eigenvalue weighted by Crippen LogP contribution is -2.04. The van der Waals surface area contributed by atoms with E-state index in [2.05, 4.69) is 59.6 Å². The molecule has 0 saturated carbocycles. The number of hydrogen-bond donors (Lipinski definition) is 1. The van der Waals surface area contributed by atoms with Gasteiger partial charge in [-0.2, -0.15) is 0 Å². The Kier molecular flexibility index (Phi) is 2.66. The van der Waals surface area contributed by atoms with Crippen LogP contribution in [-0.2, 0) is 0 Å². The fourth-order valence-corrected chi connectivity index (χ4v) is 5.19. The minimum atomic E-state index is -0.00543. The maximum absolute atomic E-state index is 12.9. The van der Waals surface area contributed by atoms with Crippen molar-refractivity contribution in [2.45, 2.75) is 0 Å². The van der Waals surface area contributed by atoms with Gasteiger partial charge in [0.2, 0.25) is 0 Å². The van der Waals surface area contributed by atoms with E-state index in [4.69, 9.17) is 0 Å². The van der Waals surface area contributed by atoms with Gasteiger partial charge in [-0.05, 0) is 22.2 Å². The monoisotopic (exact) mass is 351 g/mol. The number of aromatic nitrogens is 1. The molecule has 0 saturated heterocycles. The first-order valence-electron chi connectivity index (χ1n) is 8.59. The Morgan fingerprint density at radius 2 is 1.38 bits per heavy atom. The van der Waals surface area contributed by atoms with Crippen molar-refractivity contribution in [2.24, 2.45) is 0 Å². The number of pyridine rings is 1. The van der Waals surface area contributed by atoms with Crippen LogP contribution >= 0.6 is 11.3 Å². The standard InChI is InChI=1S/C23H13NOS/c25-23-22-20(16-7-3-4-8-18(16)26-22)17-12-11-14-10-9-13-5-1-2-6-15(13)19(14)21(17)24-23/h1-12H,(H,24,25). The van der Waals surface area contributed by atoms with E-state index < -0.39 is 0 Å². The van der Waals surface area contributed by atoms with Gasteiger partial charge in [-0.15, -0.1) is 11.3 Å². The predicted molar refractivity (Wildman–Crippen MR) is 112 cm³/mol. The molecule has 2 heterocycles.